The van der Waals surface area contributed by atoms with Gasteiger partial charge in [-0.25, -0.2) is 0 Å². The van der Waals surface area contributed by atoms with Gasteiger partial charge in [0.15, 0.2) is 5.75 Å². The molecule has 1 heterocycles. The molecule has 0 bridgehead atoms. The maximum Gasteiger partial charge on any atom is 0.236 e. The van der Waals surface area contributed by atoms with Crippen molar-refractivity contribution in [3.63, 3.8) is 0 Å². The molecule has 0 amide bonds. The number of benzene rings is 2. The monoisotopic (exact) mass is 528 g/mol. The van der Waals surface area contributed by atoms with Gasteiger partial charge in [-0.05, 0) is 19.9 Å². The van der Waals surface area contributed by atoms with E-state index in [9.17, 15) is 0 Å². The molecule has 0 N–H and O–H groups in total. The average Bonchev–Trinajstić information content (AvgIpc) is 3.03. The summed E-state index contributed by atoms with van der Waals surface area (Å²) < 4.78 is 19.1. The second-order valence-electron chi connectivity index (χ2n) is 7.34. The maximum atomic E-state index is 6.29. The Morgan fingerprint density at radius 1 is 0.970 bits per heavy atom. The van der Waals surface area contributed by atoms with Crippen LogP contribution in [0.15, 0.2) is 47.0 Å². The summed E-state index contributed by atoms with van der Waals surface area (Å²) in [6.45, 7) is 5.09. The van der Waals surface area contributed by atoms with Gasteiger partial charge in [-0.3, -0.25) is 4.68 Å². The lowest BCUT2D eigenvalue weighted by atomic mass is 10.1. The molecule has 9 heteroatoms. The zero-order chi connectivity index (χ0) is 24.0. The summed E-state index contributed by atoms with van der Waals surface area (Å²) in [6.07, 6.45) is 2.14. The molecule has 33 heavy (non-hydrogen) atoms. The minimum absolute atomic E-state index is 0.127. The van der Waals surface area contributed by atoms with Crippen LogP contribution in [0, 0.1) is 13.8 Å². The minimum atomic E-state index is 0.127. The Labute approximate surface area is 213 Å². The van der Waals surface area contributed by atoms with Gasteiger partial charge in [0.2, 0.25) is 5.88 Å². The van der Waals surface area contributed by atoms with E-state index < -0.39 is 0 Å². The van der Waals surface area contributed by atoms with Gasteiger partial charge in [0.25, 0.3) is 0 Å². The molecule has 0 atom stereocenters. The largest absolute Gasteiger partial charge is 0.490 e. The smallest absolute Gasteiger partial charge is 0.236 e. The molecule has 5 nitrogen and oxygen atoms in total. The predicted octanol–water partition coefficient (Wildman–Crippen LogP) is 7.56. The third-order valence-corrected chi connectivity index (χ3v) is 5.67. The first-order valence-electron chi connectivity index (χ1n) is 10.3. The minimum Gasteiger partial charge on any atom is -0.490 e. The van der Waals surface area contributed by atoms with Gasteiger partial charge in [0.05, 0.1) is 29.0 Å². The van der Waals surface area contributed by atoms with E-state index in [0.717, 1.165) is 16.8 Å². The molecule has 1 aromatic heterocycles. The second kappa shape index (κ2) is 11.9. The molecule has 0 unspecified atom stereocenters. The standard InChI is InChI=1S/C24H24Cl4N2O3/c1-15-5-7-17(8-6-15)22-16(2)24(29-30(22)3)33-11-4-10-32-23-19(25)13-18(14-20(23)26)31-12-9-21(27)28/h5-9,13-14H,4,10-12H2,1-3H3. The number of aromatic nitrogens is 2. The van der Waals surface area contributed by atoms with Gasteiger partial charge in [-0.1, -0.05) is 76.2 Å². The van der Waals surface area contributed by atoms with Crippen molar-refractivity contribution >= 4 is 46.4 Å². The fraction of sp³-hybridized carbons (Fsp3) is 0.292. The lowest BCUT2D eigenvalue weighted by molar-refractivity contribution is 0.240. The highest BCUT2D eigenvalue weighted by atomic mass is 35.5. The third-order valence-electron chi connectivity index (χ3n) is 4.80. The first-order chi connectivity index (χ1) is 15.8. The fourth-order valence-electron chi connectivity index (χ4n) is 3.22. The summed E-state index contributed by atoms with van der Waals surface area (Å²) in [7, 11) is 1.91. The van der Waals surface area contributed by atoms with E-state index in [1.165, 1.54) is 11.6 Å². The Balaban J connectivity index is 1.52. The molecule has 0 aliphatic heterocycles. The molecular formula is C24H24Cl4N2O3. The molecular weight excluding hydrogens is 506 g/mol. The number of rotatable bonds is 10. The molecule has 0 spiro atoms. The van der Waals surface area contributed by atoms with Crippen molar-refractivity contribution in [1.82, 2.24) is 9.78 Å². The number of aryl methyl sites for hydroxylation is 2. The highest BCUT2D eigenvalue weighted by Gasteiger charge is 2.15. The van der Waals surface area contributed by atoms with Crippen LogP contribution < -0.4 is 14.2 Å². The highest BCUT2D eigenvalue weighted by Crippen LogP contribution is 2.37. The second-order valence-corrected chi connectivity index (χ2v) is 9.16. The molecule has 2 aromatic carbocycles. The highest BCUT2D eigenvalue weighted by molar-refractivity contribution is 6.55. The first kappa shape index (κ1) is 25.6. The van der Waals surface area contributed by atoms with Crippen molar-refractivity contribution in [1.29, 1.82) is 0 Å². The van der Waals surface area contributed by atoms with Gasteiger partial charge in [-0.2, -0.15) is 0 Å². The van der Waals surface area contributed by atoms with E-state index in [0.29, 0.717) is 47.1 Å². The summed E-state index contributed by atoms with van der Waals surface area (Å²) in [4.78, 5) is 0. The van der Waals surface area contributed by atoms with E-state index in [1.807, 2.05) is 18.7 Å². The van der Waals surface area contributed by atoms with Crippen molar-refractivity contribution in [2.45, 2.75) is 20.3 Å². The van der Waals surface area contributed by atoms with E-state index in [1.54, 1.807) is 12.1 Å². The fourth-order valence-corrected chi connectivity index (χ4v) is 3.92. The average molecular weight is 530 g/mol. The van der Waals surface area contributed by atoms with Gasteiger partial charge >= 0.3 is 0 Å². The van der Waals surface area contributed by atoms with Crippen molar-refractivity contribution in [3.8, 4) is 28.6 Å². The molecule has 0 saturated heterocycles. The molecule has 0 aliphatic carbocycles. The summed E-state index contributed by atoms with van der Waals surface area (Å²) >= 11 is 23.7. The number of halogens is 4. The summed E-state index contributed by atoms with van der Waals surface area (Å²) in [6, 6.07) is 11.6. The Hall–Kier alpha value is -2.05. The van der Waals surface area contributed by atoms with Crippen LogP contribution in [-0.4, -0.2) is 29.6 Å². The molecule has 176 valence electrons. The number of hydrogen-bond donors (Lipinski definition) is 0. The summed E-state index contributed by atoms with van der Waals surface area (Å²) in [5.41, 5.74) is 4.34. The third kappa shape index (κ3) is 6.97. The van der Waals surface area contributed by atoms with Crippen LogP contribution in [0.3, 0.4) is 0 Å². The van der Waals surface area contributed by atoms with E-state index >= 15 is 0 Å². The van der Waals surface area contributed by atoms with Crippen LogP contribution in [0.4, 0.5) is 0 Å². The molecule has 3 aromatic rings. The first-order valence-corrected chi connectivity index (χ1v) is 11.8. The van der Waals surface area contributed by atoms with Crippen LogP contribution in [0.1, 0.15) is 17.5 Å². The van der Waals surface area contributed by atoms with Gasteiger partial charge in [0.1, 0.15) is 16.8 Å². The van der Waals surface area contributed by atoms with Gasteiger partial charge in [0, 0.05) is 36.7 Å². The SMILES string of the molecule is Cc1ccc(-c2c(C)c(OCCCOc3c(Cl)cc(OCC=C(Cl)Cl)cc3Cl)nn2C)cc1. The zero-order valence-corrected chi connectivity index (χ0v) is 21.5. The van der Waals surface area contributed by atoms with Gasteiger partial charge in [-0.15, -0.1) is 5.10 Å². The van der Waals surface area contributed by atoms with E-state index in [4.69, 9.17) is 60.6 Å². The number of nitrogens with zero attached hydrogens (tertiary/aromatic N) is 2. The normalized spacial score (nSPS) is 10.8. The molecule has 0 fully saturated rings. The Morgan fingerprint density at radius 3 is 2.24 bits per heavy atom. The molecule has 3 rings (SSSR count). The van der Waals surface area contributed by atoms with Crippen LogP contribution >= 0.6 is 46.4 Å². The predicted molar refractivity (Wildman–Crippen MR) is 135 cm³/mol. The van der Waals surface area contributed by atoms with Crippen LogP contribution in [-0.2, 0) is 7.05 Å². The lowest BCUT2D eigenvalue weighted by Gasteiger charge is -2.12. The zero-order valence-electron chi connectivity index (χ0n) is 18.5. The van der Waals surface area contributed by atoms with E-state index in [-0.39, 0.29) is 11.1 Å². The topological polar surface area (TPSA) is 45.5 Å². The van der Waals surface area contributed by atoms with Crippen molar-refractivity contribution < 1.29 is 14.2 Å². The maximum absolute atomic E-state index is 6.29. The lowest BCUT2D eigenvalue weighted by Crippen LogP contribution is -2.06. The van der Waals surface area contributed by atoms with Crippen molar-refractivity contribution in [2.75, 3.05) is 19.8 Å². The number of ether oxygens (including phenoxy) is 3. The van der Waals surface area contributed by atoms with Gasteiger partial charge < -0.3 is 14.2 Å². The summed E-state index contributed by atoms with van der Waals surface area (Å²) in [5, 5.41) is 5.21. The molecule has 0 saturated carbocycles. The summed E-state index contributed by atoms with van der Waals surface area (Å²) in [5.74, 6) is 1.49. The van der Waals surface area contributed by atoms with Crippen LogP contribution in [0.2, 0.25) is 10.0 Å². The molecule has 0 aliphatic rings. The molecule has 0 radical (unpaired) electrons. The quantitative estimate of drug-likeness (QED) is 0.254. The number of hydrogen-bond acceptors (Lipinski definition) is 4. The van der Waals surface area contributed by atoms with Crippen LogP contribution in [0.5, 0.6) is 17.4 Å². The Kier molecular flexibility index (Phi) is 9.21. The Bertz CT molecular complexity index is 1100. The Morgan fingerprint density at radius 2 is 1.61 bits per heavy atom. The van der Waals surface area contributed by atoms with Crippen molar-refractivity contribution in [3.05, 3.63) is 68.1 Å². The van der Waals surface area contributed by atoms with E-state index in [2.05, 4.69) is 36.3 Å². The van der Waals surface area contributed by atoms with Crippen molar-refractivity contribution in [2.24, 2.45) is 7.05 Å². The van der Waals surface area contributed by atoms with Crippen LogP contribution in [0.25, 0.3) is 11.3 Å².